The number of benzene rings is 1. The van der Waals surface area contributed by atoms with Crippen molar-refractivity contribution in [2.45, 2.75) is 16.8 Å². The van der Waals surface area contributed by atoms with E-state index < -0.39 is 5.00 Å². The number of alkyl halides is 2. The van der Waals surface area contributed by atoms with Gasteiger partial charge >= 0.3 is 5.00 Å². The van der Waals surface area contributed by atoms with Gasteiger partial charge in [0.2, 0.25) is 0 Å². The Hall–Kier alpha value is -0.140. The summed E-state index contributed by atoms with van der Waals surface area (Å²) >= 11 is 0.539. The summed E-state index contributed by atoms with van der Waals surface area (Å²) in [5.74, 6) is 0. The molecule has 1 aromatic carbocycles. The van der Waals surface area contributed by atoms with Gasteiger partial charge in [0.05, 0.1) is 0 Å². The Labute approximate surface area is 76.9 Å². The van der Waals surface area contributed by atoms with Crippen LogP contribution in [0.5, 0.6) is 0 Å². The minimum absolute atomic E-state index is 0.539. The first-order valence-corrected chi connectivity index (χ1v) is 4.79. The van der Waals surface area contributed by atoms with E-state index in [4.69, 9.17) is 0 Å². The molecule has 0 radical (unpaired) electrons. The predicted octanol–water partition coefficient (Wildman–Crippen LogP) is 3.51. The van der Waals surface area contributed by atoms with Crippen LogP contribution in [0.2, 0.25) is 0 Å². The lowest BCUT2D eigenvalue weighted by Gasteiger charge is -2.08. The molecule has 0 nitrogen and oxygen atoms in total. The van der Waals surface area contributed by atoms with Crippen LogP contribution in [0, 0.1) is 6.92 Å². The molecule has 0 heterocycles. The van der Waals surface area contributed by atoms with Gasteiger partial charge in [-0.25, -0.2) is 0 Å². The molecule has 1 aromatic rings. The second kappa shape index (κ2) is 3.71. The van der Waals surface area contributed by atoms with Crippen molar-refractivity contribution >= 4 is 21.0 Å². The fraction of sp³-hybridized carbons (Fsp3) is 0.250. The van der Waals surface area contributed by atoms with Crippen molar-refractivity contribution in [2.75, 3.05) is 0 Å². The number of aryl methyl sites for hydroxylation is 1. The van der Waals surface area contributed by atoms with Crippen molar-refractivity contribution in [3.05, 3.63) is 29.8 Å². The quantitative estimate of drug-likeness (QED) is 0.527. The Morgan fingerprint density at radius 1 is 1.25 bits per heavy atom. The van der Waals surface area contributed by atoms with Gasteiger partial charge in [0.1, 0.15) is 0 Å². The molecule has 1 atom stereocenters. The normalized spacial score (nSPS) is 11.7. The molecule has 0 aliphatic carbocycles. The SMILES string of the molecule is Cc1ccc(SC(F)(F)P)cc1. The molecular weight excluding hydrogens is 197 g/mol. The summed E-state index contributed by atoms with van der Waals surface area (Å²) in [6.45, 7) is 1.92. The molecule has 12 heavy (non-hydrogen) atoms. The minimum Gasteiger partial charge on any atom is -0.190 e. The Morgan fingerprint density at radius 2 is 1.75 bits per heavy atom. The van der Waals surface area contributed by atoms with Crippen molar-refractivity contribution in [3.8, 4) is 0 Å². The van der Waals surface area contributed by atoms with E-state index in [0.717, 1.165) is 5.56 Å². The van der Waals surface area contributed by atoms with Crippen LogP contribution in [0.4, 0.5) is 8.78 Å². The van der Waals surface area contributed by atoms with Crippen molar-refractivity contribution in [3.63, 3.8) is 0 Å². The number of halogens is 2. The fourth-order valence-corrected chi connectivity index (χ4v) is 1.76. The lowest BCUT2D eigenvalue weighted by molar-refractivity contribution is 0.211. The highest BCUT2D eigenvalue weighted by atomic mass is 32.2. The molecule has 1 unspecified atom stereocenters. The molecular formula is C8H9F2PS. The second-order valence-electron chi connectivity index (χ2n) is 2.48. The lowest BCUT2D eigenvalue weighted by atomic mass is 10.2. The average molecular weight is 206 g/mol. The Bertz CT molecular complexity index is 253. The van der Waals surface area contributed by atoms with Crippen LogP contribution >= 0.6 is 21.0 Å². The van der Waals surface area contributed by atoms with E-state index in [2.05, 4.69) is 0 Å². The monoisotopic (exact) mass is 206 g/mol. The first kappa shape index (κ1) is 9.94. The van der Waals surface area contributed by atoms with E-state index >= 15 is 0 Å². The third-order valence-electron chi connectivity index (χ3n) is 1.27. The number of thioether (sulfide) groups is 1. The van der Waals surface area contributed by atoms with Crippen molar-refractivity contribution in [1.29, 1.82) is 0 Å². The summed E-state index contributed by atoms with van der Waals surface area (Å²) in [6.07, 6.45) is 0. The summed E-state index contributed by atoms with van der Waals surface area (Å²) in [4.78, 5) is -2.18. The Morgan fingerprint density at radius 3 is 2.17 bits per heavy atom. The van der Waals surface area contributed by atoms with Crippen molar-refractivity contribution in [2.24, 2.45) is 0 Å². The molecule has 66 valence electrons. The topological polar surface area (TPSA) is 0 Å². The van der Waals surface area contributed by atoms with Crippen molar-refractivity contribution in [1.82, 2.24) is 0 Å². The minimum atomic E-state index is -2.77. The highest BCUT2D eigenvalue weighted by Gasteiger charge is 2.22. The van der Waals surface area contributed by atoms with E-state index in [1.807, 2.05) is 19.1 Å². The lowest BCUT2D eigenvalue weighted by Crippen LogP contribution is -1.95. The molecule has 1 rings (SSSR count). The van der Waals surface area contributed by atoms with Gasteiger partial charge in [-0.2, -0.15) is 8.78 Å². The van der Waals surface area contributed by atoms with E-state index in [1.165, 1.54) is 9.24 Å². The Kier molecular flexibility index (Phi) is 3.08. The van der Waals surface area contributed by atoms with E-state index in [-0.39, 0.29) is 0 Å². The summed E-state index contributed by atoms with van der Waals surface area (Å²) in [5.41, 5.74) is 1.08. The zero-order chi connectivity index (χ0) is 9.19. The van der Waals surface area contributed by atoms with Gasteiger partial charge in [-0.3, -0.25) is 0 Å². The van der Waals surface area contributed by atoms with Crippen LogP contribution in [0.25, 0.3) is 0 Å². The molecule has 0 bridgehead atoms. The second-order valence-corrected chi connectivity index (χ2v) is 4.84. The van der Waals surface area contributed by atoms with Crippen LogP contribution < -0.4 is 0 Å². The van der Waals surface area contributed by atoms with Crippen LogP contribution in [-0.2, 0) is 0 Å². The molecule has 4 heteroatoms. The zero-order valence-corrected chi connectivity index (χ0v) is 8.52. The maximum Gasteiger partial charge on any atom is 0.308 e. The van der Waals surface area contributed by atoms with Gasteiger partial charge in [-0.05, 0) is 40.1 Å². The molecule has 0 spiro atoms. The van der Waals surface area contributed by atoms with Gasteiger partial charge in [0, 0.05) is 4.90 Å². The average Bonchev–Trinajstić information content (AvgIpc) is 1.91. The molecule has 0 aliphatic heterocycles. The highest BCUT2D eigenvalue weighted by Crippen LogP contribution is 2.40. The van der Waals surface area contributed by atoms with Crippen LogP contribution in [-0.4, -0.2) is 5.00 Å². The molecule has 0 fully saturated rings. The van der Waals surface area contributed by atoms with Crippen LogP contribution in [0.1, 0.15) is 5.56 Å². The van der Waals surface area contributed by atoms with E-state index in [1.54, 1.807) is 12.1 Å². The van der Waals surface area contributed by atoms with Gasteiger partial charge < -0.3 is 0 Å². The van der Waals surface area contributed by atoms with Crippen LogP contribution in [0.3, 0.4) is 0 Å². The first-order chi connectivity index (χ1) is 5.47. The fourth-order valence-electron chi connectivity index (χ4n) is 0.763. The predicted molar refractivity (Wildman–Crippen MR) is 51.7 cm³/mol. The molecule has 0 saturated carbocycles. The van der Waals surface area contributed by atoms with Gasteiger partial charge in [-0.1, -0.05) is 17.7 Å². The van der Waals surface area contributed by atoms with Gasteiger partial charge in [0.15, 0.2) is 0 Å². The Balaban J connectivity index is 2.71. The standard InChI is InChI=1S/C8H9F2PS/c1-6-2-4-7(5-3-6)12-8(9,10)11/h2-5H,11H2,1H3. The summed E-state index contributed by atoms with van der Waals surface area (Å²) in [7, 11) is 1.51. The van der Waals surface area contributed by atoms with E-state index in [9.17, 15) is 8.78 Å². The zero-order valence-electron chi connectivity index (χ0n) is 6.55. The van der Waals surface area contributed by atoms with Crippen molar-refractivity contribution < 1.29 is 8.78 Å². The van der Waals surface area contributed by atoms with Gasteiger partial charge in [0.25, 0.3) is 0 Å². The number of hydrogen-bond acceptors (Lipinski definition) is 1. The smallest absolute Gasteiger partial charge is 0.190 e. The number of hydrogen-bond donors (Lipinski definition) is 0. The molecule has 0 N–H and O–H groups in total. The first-order valence-electron chi connectivity index (χ1n) is 3.40. The molecule has 0 aliphatic rings. The van der Waals surface area contributed by atoms with E-state index in [0.29, 0.717) is 16.7 Å². The largest absolute Gasteiger partial charge is 0.308 e. The molecule has 0 amide bonds. The number of rotatable bonds is 2. The summed E-state index contributed by atoms with van der Waals surface area (Å²) in [5, 5.41) is 0. The maximum atomic E-state index is 12.4. The molecule has 0 saturated heterocycles. The van der Waals surface area contributed by atoms with Gasteiger partial charge in [-0.15, -0.1) is 0 Å². The highest BCUT2D eigenvalue weighted by molar-refractivity contribution is 8.03. The molecule has 0 aromatic heterocycles. The third-order valence-corrected chi connectivity index (χ3v) is 2.41. The summed E-state index contributed by atoms with van der Waals surface area (Å²) in [6, 6.07) is 7.02. The summed E-state index contributed by atoms with van der Waals surface area (Å²) < 4.78 is 24.9. The van der Waals surface area contributed by atoms with Crippen LogP contribution in [0.15, 0.2) is 29.2 Å². The maximum absolute atomic E-state index is 12.4. The third kappa shape index (κ3) is 3.51.